The molecule has 0 spiro atoms. The van der Waals surface area contributed by atoms with Gasteiger partial charge in [0.15, 0.2) is 0 Å². The average Bonchev–Trinajstić information content (AvgIpc) is 2.72. The van der Waals surface area contributed by atoms with Crippen LogP contribution in [0, 0.1) is 17.0 Å². The average molecular weight is 339 g/mol. The number of aryl methyl sites for hydroxylation is 1. The van der Waals surface area contributed by atoms with Crippen LogP contribution in [0.5, 0.6) is 0 Å². The number of halogens is 1. The van der Waals surface area contributed by atoms with Crippen molar-refractivity contribution in [2.24, 2.45) is 7.05 Å². The summed E-state index contributed by atoms with van der Waals surface area (Å²) >= 11 is 3.36. The van der Waals surface area contributed by atoms with Crippen LogP contribution in [-0.4, -0.2) is 14.7 Å². The van der Waals surface area contributed by atoms with Gasteiger partial charge in [-0.2, -0.15) is 5.10 Å². The summed E-state index contributed by atoms with van der Waals surface area (Å²) < 4.78 is 2.57. The molecule has 2 rings (SSSR count). The van der Waals surface area contributed by atoms with E-state index in [-0.39, 0.29) is 5.69 Å². The van der Waals surface area contributed by atoms with Crippen LogP contribution in [0.4, 0.5) is 5.69 Å². The summed E-state index contributed by atoms with van der Waals surface area (Å²) in [6.45, 7) is 3.36. The van der Waals surface area contributed by atoms with Crippen molar-refractivity contribution in [1.29, 1.82) is 0 Å². The lowest BCUT2D eigenvalue weighted by atomic mass is 10.2. The number of benzene rings is 1. The minimum atomic E-state index is -0.402. The standard InChI is InChI=1S/C13H15BrN4O2/c1-9-11(8-16-17(9)2)7-15-6-10-3-4-12(18(19)20)5-13(10)14/h3-5,8,15H,6-7H2,1-2H3. The molecule has 0 saturated carbocycles. The molecule has 0 aliphatic rings. The zero-order valence-electron chi connectivity index (χ0n) is 11.3. The van der Waals surface area contributed by atoms with E-state index in [0.29, 0.717) is 13.1 Å². The number of rotatable bonds is 5. The lowest BCUT2D eigenvalue weighted by Crippen LogP contribution is -2.13. The second kappa shape index (κ2) is 6.15. The minimum Gasteiger partial charge on any atom is -0.308 e. The van der Waals surface area contributed by atoms with Gasteiger partial charge in [-0.1, -0.05) is 15.9 Å². The van der Waals surface area contributed by atoms with Crippen LogP contribution < -0.4 is 5.32 Å². The summed E-state index contributed by atoms with van der Waals surface area (Å²) in [5, 5.41) is 18.2. The normalized spacial score (nSPS) is 10.8. The number of hydrogen-bond acceptors (Lipinski definition) is 4. The Morgan fingerprint density at radius 3 is 2.65 bits per heavy atom. The van der Waals surface area contributed by atoms with Crippen molar-refractivity contribution in [3.8, 4) is 0 Å². The topological polar surface area (TPSA) is 73.0 Å². The molecule has 0 bridgehead atoms. The zero-order valence-corrected chi connectivity index (χ0v) is 12.8. The number of nitrogens with one attached hydrogen (secondary N) is 1. The smallest absolute Gasteiger partial charge is 0.270 e. The fourth-order valence-electron chi connectivity index (χ4n) is 1.84. The highest BCUT2D eigenvalue weighted by atomic mass is 79.9. The predicted octanol–water partition coefficient (Wildman–Crippen LogP) is 2.69. The summed E-state index contributed by atoms with van der Waals surface area (Å²) in [6.07, 6.45) is 1.84. The van der Waals surface area contributed by atoms with E-state index in [0.717, 1.165) is 21.3 Å². The van der Waals surface area contributed by atoms with Crippen molar-refractivity contribution in [1.82, 2.24) is 15.1 Å². The Labute approximate surface area is 125 Å². The summed E-state index contributed by atoms with van der Waals surface area (Å²) in [6, 6.07) is 4.79. The predicted molar refractivity (Wildman–Crippen MR) is 79.3 cm³/mol. The fourth-order valence-corrected chi connectivity index (χ4v) is 2.35. The first-order valence-electron chi connectivity index (χ1n) is 6.10. The molecule has 0 radical (unpaired) electrons. The Bertz CT molecular complexity index is 639. The van der Waals surface area contributed by atoms with E-state index < -0.39 is 4.92 Å². The number of nitro groups is 1. The number of nitro benzene ring substituents is 1. The van der Waals surface area contributed by atoms with Crippen LogP contribution in [0.15, 0.2) is 28.9 Å². The van der Waals surface area contributed by atoms with Gasteiger partial charge in [0, 0.05) is 48.0 Å². The molecular formula is C13H15BrN4O2. The van der Waals surface area contributed by atoms with Crippen molar-refractivity contribution < 1.29 is 4.92 Å². The lowest BCUT2D eigenvalue weighted by Gasteiger charge is -2.07. The molecule has 1 aromatic carbocycles. The molecule has 20 heavy (non-hydrogen) atoms. The third kappa shape index (κ3) is 3.23. The minimum absolute atomic E-state index is 0.0868. The van der Waals surface area contributed by atoms with Crippen molar-refractivity contribution in [3.63, 3.8) is 0 Å². The van der Waals surface area contributed by atoms with Crippen LogP contribution in [0.25, 0.3) is 0 Å². The largest absolute Gasteiger partial charge is 0.308 e. The third-order valence-electron chi connectivity index (χ3n) is 3.22. The lowest BCUT2D eigenvalue weighted by molar-refractivity contribution is -0.384. The van der Waals surface area contributed by atoms with Crippen LogP contribution in [0.3, 0.4) is 0 Å². The molecule has 0 aliphatic carbocycles. The maximum Gasteiger partial charge on any atom is 0.270 e. The molecule has 0 saturated heterocycles. The van der Waals surface area contributed by atoms with Crippen molar-refractivity contribution in [3.05, 3.63) is 55.8 Å². The first-order chi connectivity index (χ1) is 9.49. The molecule has 1 heterocycles. The quantitative estimate of drug-likeness (QED) is 0.671. The van der Waals surface area contributed by atoms with E-state index >= 15 is 0 Å². The summed E-state index contributed by atoms with van der Waals surface area (Å²) in [5.74, 6) is 0. The van der Waals surface area contributed by atoms with Gasteiger partial charge in [-0.3, -0.25) is 14.8 Å². The molecule has 106 valence electrons. The molecule has 0 fully saturated rings. The second-order valence-corrected chi connectivity index (χ2v) is 5.37. The summed E-state index contributed by atoms with van der Waals surface area (Å²) in [5.41, 5.74) is 3.34. The van der Waals surface area contributed by atoms with Crippen molar-refractivity contribution in [2.75, 3.05) is 0 Å². The maximum atomic E-state index is 10.7. The van der Waals surface area contributed by atoms with E-state index in [1.807, 2.05) is 24.9 Å². The monoisotopic (exact) mass is 338 g/mol. The van der Waals surface area contributed by atoms with Gasteiger partial charge in [-0.15, -0.1) is 0 Å². The number of nitrogens with zero attached hydrogens (tertiary/aromatic N) is 3. The van der Waals surface area contributed by atoms with Gasteiger partial charge in [-0.05, 0) is 18.6 Å². The van der Waals surface area contributed by atoms with E-state index in [9.17, 15) is 10.1 Å². The van der Waals surface area contributed by atoms with Crippen LogP contribution in [-0.2, 0) is 20.1 Å². The number of hydrogen-bond donors (Lipinski definition) is 1. The molecule has 2 aromatic rings. The fraction of sp³-hybridized carbons (Fsp3) is 0.308. The van der Waals surface area contributed by atoms with Crippen molar-refractivity contribution >= 4 is 21.6 Å². The van der Waals surface area contributed by atoms with Crippen LogP contribution >= 0.6 is 15.9 Å². The van der Waals surface area contributed by atoms with Gasteiger partial charge < -0.3 is 5.32 Å². The molecule has 0 aliphatic heterocycles. The van der Waals surface area contributed by atoms with E-state index in [1.165, 1.54) is 12.1 Å². The zero-order chi connectivity index (χ0) is 14.7. The van der Waals surface area contributed by atoms with Gasteiger partial charge >= 0.3 is 0 Å². The SMILES string of the molecule is Cc1c(CNCc2ccc([N+](=O)[O-])cc2Br)cnn1C. The molecule has 0 amide bonds. The first kappa shape index (κ1) is 14.7. The van der Waals surface area contributed by atoms with Gasteiger partial charge in [0.2, 0.25) is 0 Å². The van der Waals surface area contributed by atoms with Gasteiger partial charge in [0.25, 0.3) is 5.69 Å². The molecule has 1 aromatic heterocycles. The third-order valence-corrected chi connectivity index (χ3v) is 3.95. The van der Waals surface area contributed by atoms with Crippen LogP contribution in [0.1, 0.15) is 16.8 Å². The Hall–Kier alpha value is -1.73. The second-order valence-electron chi connectivity index (χ2n) is 4.52. The Balaban J connectivity index is 1.98. The van der Waals surface area contributed by atoms with Gasteiger partial charge in [0.05, 0.1) is 11.1 Å². The van der Waals surface area contributed by atoms with Crippen molar-refractivity contribution in [2.45, 2.75) is 20.0 Å². The molecular weight excluding hydrogens is 324 g/mol. The van der Waals surface area contributed by atoms with E-state index in [4.69, 9.17) is 0 Å². The maximum absolute atomic E-state index is 10.7. The highest BCUT2D eigenvalue weighted by molar-refractivity contribution is 9.10. The molecule has 6 nitrogen and oxygen atoms in total. The molecule has 0 atom stereocenters. The highest BCUT2D eigenvalue weighted by Crippen LogP contribution is 2.22. The van der Waals surface area contributed by atoms with E-state index in [1.54, 1.807) is 6.07 Å². The molecule has 1 N–H and O–H groups in total. The van der Waals surface area contributed by atoms with Gasteiger partial charge in [0.1, 0.15) is 0 Å². The number of aromatic nitrogens is 2. The summed E-state index contributed by atoms with van der Waals surface area (Å²) in [4.78, 5) is 10.3. The Morgan fingerprint density at radius 1 is 1.40 bits per heavy atom. The van der Waals surface area contributed by atoms with E-state index in [2.05, 4.69) is 26.3 Å². The van der Waals surface area contributed by atoms with Gasteiger partial charge in [-0.25, -0.2) is 0 Å². The van der Waals surface area contributed by atoms with Crippen LogP contribution in [0.2, 0.25) is 0 Å². The Kier molecular flexibility index (Phi) is 4.51. The molecule has 7 heteroatoms. The highest BCUT2D eigenvalue weighted by Gasteiger charge is 2.09. The number of non-ortho nitro benzene ring substituents is 1. The molecule has 0 unspecified atom stereocenters. The Morgan fingerprint density at radius 2 is 2.10 bits per heavy atom. The first-order valence-corrected chi connectivity index (χ1v) is 6.89. The summed E-state index contributed by atoms with van der Waals surface area (Å²) in [7, 11) is 1.91.